The highest BCUT2D eigenvalue weighted by molar-refractivity contribution is 6.39. The second kappa shape index (κ2) is 5.84. The minimum atomic E-state index is -0.169. The zero-order chi connectivity index (χ0) is 13.8. The Bertz CT molecular complexity index is 555. The van der Waals surface area contributed by atoms with Gasteiger partial charge in [0, 0.05) is 12.1 Å². The Morgan fingerprint density at radius 1 is 1.47 bits per heavy atom. The predicted molar refractivity (Wildman–Crippen MR) is 74.8 cm³/mol. The lowest BCUT2D eigenvalue weighted by Crippen LogP contribution is -2.37. The lowest BCUT2D eigenvalue weighted by Gasteiger charge is -2.14. The van der Waals surface area contributed by atoms with Crippen LogP contribution in [0, 0.1) is 0 Å². The molecule has 1 aromatic rings. The summed E-state index contributed by atoms with van der Waals surface area (Å²) in [4.78, 5) is 22.8. The molecule has 0 spiro atoms. The summed E-state index contributed by atoms with van der Waals surface area (Å²) in [6, 6.07) is 4.90. The van der Waals surface area contributed by atoms with Crippen LogP contribution in [0.2, 0.25) is 5.02 Å². The number of hydrogen-bond donors (Lipinski definition) is 2. The molecule has 0 aromatic heterocycles. The number of nitrogens with one attached hydrogen (secondary N) is 2. The molecule has 100 valence electrons. The summed E-state index contributed by atoms with van der Waals surface area (Å²) in [5.41, 5.74) is 4.25. The summed E-state index contributed by atoms with van der Waals surface area (Å²) in [5.74, 6) is -0.222. The number of hydrogen-bond acceptors (Lipinski definition) is 4. The van der Waals surface area contributed by atoms with Gasteiger partial charge in [-0.15, -0.1) is 0 Å². The van der Waals surface area contributed by atoms with Gasteiger partial charge in [-0.2, -0.15) is 5.10 Å². The van der Waals surface area contributed by atoms with E-state index < -0.39 is 0 Å². The highest BCUT2D eigenvalue weighted by atomic mass is 35.5. The first-order chi connectivity index (χ1) is 9.08. The van der Waals surface area contributed by atoms with Gasteiger partial charge < -0.3 is 5.32 Å². The number of benzene rings is 1. The van der Waals surface area contributed by atoms with Gasteiger partial charge in [-0.05, 0) is 38.0 Å². The van der Waals surface area contributed by atoms with Crippen molar-refractivity contribution >= 4 is 34.7 Å². The van der Waals surface area contributed by atoms with Gasteiger partial charge in [0.05, 0.1) is 10.7 Å². The van der Waals surface area contributed by atoms with E-state index in [0.29, 0.717) is 35.0 Å². The summed E-state index contributed by atoms with van der Waals surface area (Å²) in [6.07, 6.45) is 1.50. The Morgan fingerprint density at radius 2 is 2.26 bits per heavy atom. The number of nitrogens with zero attached hydrogens (tertiary/aromatic N) is 1. The lowest BCUT2D eigenvalue weighted by molar-refractivity contribution is -0.115. The normalized spacial score (nSPS) is 17.2. The molecule has 2 N–H and O–H groups in total. The average Bonchev–Trinajstić information content (AvgIpc) is 2.39. The fourth-order valence-electron chi connectivity index (χ4n) is 1.74. The van der Waals surface area contributed by atoms with Crippen LogP contribution in [0.5, 0.6) is 0 Å². The van der Waals surface area contributed by atoms with Gasteiger partial charge in [-0.25, -0.2) is 0 Å². The third kappa shape index (κ3) is 3.32. The second-order valence-electron chi connectivity index (χ2n) is 4.28. The van der Waals surface area contributed by atoms with Crippen LogP contribution in [0.3, 0.4) is 0 Å². The zero-order valence-electron chi connectivity index (χ0n) is 10.5. The summed E-state index contributed by atoms with van der Waals surface area (Å²) < 4.78 is 0. The molecule has 1 aliphatic heterocycles. The van der Waals surface area contributed by atoms with E-state index in [1.807, 2.05) is 0 Å². The maximum atomic E-state index is 11.5. The molecule has 0 atom stereocenters. The summed E-state index contributed by atoms with van der Waals surface area (Å²) >= 11 is 6.01. The molecule has 2 rings (SSSR count). The molecule has 0 unspecified atom stereocenters. The van der Waals surface area contributed by atoms with Gasteiger partial charge in [0.1, 0.15) is 5.71 Å². The number of carbonyl (C=O) groups excluding carboxylic acids is 2. The molecule has 0 aliphatic carbocycles. The number of anilines is 1. The molecule has 1 aliphatic rings. The fraction of sp³-hybridized carbons (Fsp3) is 0.308. The van der Waals surface area contributed by atoms with E-state index in [2.05, 4.69) is 15.8 Å². The van der Waals surface area contributed by atoms with Crippen LogP contribution < -0.4 is 10.7 Å². The van der Waals surface area contributed by atoms with Crippen LogP contribution in [0.15, 0.2) is 23.3 Å². The van der Waals surface area contributed by atoms with E-state index in [-0.39, 0.29) is 11.7 Å². The van der Waals surface area contributed by atoms with Crippen LogP contribution in [0.4, 0.5) is 5.69 Å². The van der Waals surface area contributed by atoms with Crippen LogP contribution in [0.1, 0.15) is 30.1 Å². The van der Waals surface area contributed by atoms with Crippen LogP contribution in [-0.4, -0.2) is 23.9 Å². The second-order valence-corrected chi connectivity index (χ2v) is 4.69. The van der Waals surface area contributed by atoms with E-state index in [9.17, 15) is 9.59 Å². The van der Waals surface area contributed by atoms with E-state index >= 15 is 0 Å². The molecule has 1 saturated heterocycles. The first kappa shape index (κ1) is 13.5. The first-order valence-electron chi connectivity index (χ1n) is 5.99. The van der Waals surface area contributed by atoms with Crippen molar-refractivity contribution in [2.24, 2.45) is 5.10 Å². The number of amides is 1. The molecule has 1 fully saturated rings. The Balaban J connectivity index is 2.18. The summed E-state index contributed by atoms with van der Waals surface area (Å²) in [5, 5.41) is 7.22. The molecule has 0 bridgehead atoms. The van der Waals surface area contributed by atoms with Crippen molar-refractivity contribution in [1.29, 1.82) is 0 Å². The van der Waals surface area contributed by atoms with Gasteiger partial charge in [-0.1, -0.05) is 11.6 Å². The quantitative estimate of drug-likeness (QED) is 0.658. The van der Waals surface area contributed by atoms with Gasteiger partial charge in [0.25, 0.3) is 5.91 Å². The Kier molecular flexibility index (Phi) is 4.16. The summed E-state index contributed by atoms with van der Waals surface area (Å²) in [7, 11) is 0. The monoisotopic (exact) mass is 279 g/mol. The third-order valence-corrected chi connectivity index (χ3v) is 3.15. The number of rotatable bonds is 3. The largest absolute Gasteiger partial charge is 0.351 e. The van der Waals surface area contributed by atoms with Gasteiger partial charge in [-0.3, -0.25) is 15.0 Å². The molecule has 6 heteroatoms. The molecule has 5 nitrogen and oxygen atoms in total. The number of ketones is 1. The molecule has 1 aromatic carbocycles. The van der Waals surface area contributed by atoms with Crippen molar-refractivity contribution < 1.29 is 9.59 Å². The molecule has 19 heavy (non-hydrogen) atoms. The van der Waals surface area contributed by atoms with Gasteiger partial charge in [0.2, 0.25) is 0 Å². The summed E-state index contributed by atoms with van der Waals surface area (Å²) in [6.45, 7) is 2.16. The number of Topliss-reactive ketones (excluding diaryl/α,β-unsaturated/α-hetero) is 1. The van der Waals surface area contributed by atoms with Gasteiger partial charge >= 0.3 is 0 Å². The van der Waals surface area contributed by atoms with Crippen molar-refractivity contribution in [3.8, 4) is 0 Å². The molecule has 0 saturated carbocycles. The van der Waals surface area contributed by atoms with Crippen molar-refractivity contribution in [3.05, 3.63) is 28.8 Å². The molecule has 0 radical (unpaired) electrons. The van der Waals surface area contributed by atoms with Crippen molar-refractivity contribution in [3.63, 3.8) is 0 Å². The SMILES string of the molecule is CC(=O)c1ccc(Cl)c(N/N=C2\CCCNC2=O)c1. The first-order valence-corrected chi connectivity index (χ1v) is 6.37. The highest BCUT2D eigenvalue weighted by Gasteiger charge is 2.16. The Labute approximate surface area is 116 Å². The van der Waals surface area contributed by atoms with E-state index in [1.54, 1.807) is 18.2 Å². The lowest BCUT2D eigenvalue weighted by atomic mass is 10.1. The van der Waals surface area contributed by atoms with Crippen LogP contribution in [-0.2, 0) is 4.79 Å². The maximum Gasteiger partial charge on any atom is 0.267 e. The smallest absolute Gasteiger partial charge is 0.267 e. The highest BCUT2D eigenvalue weighted by Crippen LogP contribution is 2.23. The van der Waals surface area contributed by atoms with E-state index in [1.165, 1.54) is 6.92 Å². The van der Waals surface area contributed by atoms with Crippen LogP contribution >= 0.6 is 11.6 Å². The van der Waals surface area contributed by atoms with Crippen molar-refractivity contribution in [2.75, 3.05) is 12.0 Å². The van der Waals surface area contributed by atoms with Gasteiger partial charge in [0.15, 0.2) is 5.78 Å². The number of hydrazone groups is 1. The average molecular weight is 280 g/mol. The molecular weight excluding hydrogens is 266 g/mol. The topological polar surface area (TPSA) is 70.6 Å². The zero-order valence-corrected chi connectivity index (χ0v) is 11.3. The Morgan fingerprint density at radius 3 is 2.95 bits per heavy atom. The standard InChI is InChI=1S/C13H14ClN3O2/c1-8(18)9-4-5-10(14)12(7-9)17-16-11-3-2-6-15-13(11)19/h4-5,7,17H,2-3,6H2,1H3,(H,15,19)/b16-11+. The number of halogens is 1. The fourth-order valence-corrected chi connectivity index (χ4v) is 1.90. The van der Waals surface area contributed by atoms with Crippen molar-refractivity contribution in [2.45, 2.75) is 19.8 Å². The van der Waals surface area contributed by atoms with Crippen LogP contribution in [0.25, 0.3) is 0 Å². The minimum absolute atomic E-state index is 0.0530. The molecule has 1 heterocycles. The maximum absolute atomic E-state index is 11.5. The molecule has 1 amide bonds. The van der Waals surface area contributed by atoms with E-state index in [0.717, 1.165) is 6.42 Å². The Hall–Kier alpha value is -1.88. The number of piperidine rings is 1. The predicted octanol–water partition coefficient (Wildman–Crippen LogP) is 2.22. The van der Waals surface area contributed by atoms with Crippen molar-refractivity contribution in [1.82, 2.24) is 5.32 Å². The van der Waals surface area contributed by atoms with E-state index in [4.69, 9.17) is 11.6 Å². The minimum Gasteiger partial charge on any atom is -0.351 e. The number of carbonyl (C=O) groups is 2. The third-order valence-electron chi connectivity index (χ3n) is 2.82. The molecular formula is C13H14ClN3O2.